The zero-order valence-electron chi connectivity index (χ0n) is 10.8. The molecular weight excluding hydrogens is 326 g/mol. The minimum Gasteiger partial charge on any atom is -0.358 e. The van der Waals surface area contributed by atoms with Gasteiger partial charge in [0.15, 0.2) is 0 Å². The van der Waals surface area contributed by atoms with Crippen LogP contribution in [-0.4, -0.2) is 51.7 Å². The number of nitrogens with one attached hydrogen (secondary N) is 2. The molecule has 1 rings (SSSR count). The zero-order valence-corrected chi connectivity index (χ0v) is 13.2. The summed E-state index contributed by atoms with van der Waals surface area (Å²) in [6.07, 6.45) is 0. The number of rotatable bonds is 6. The van der Waals surface area contributed by atoms with E-state index in [0.717, 1.165) is 15.6 Å². The van der Waals surface area contributed by atoms with Crippen LogP contribution >= 0.6 is 22.9 Å². The monoisotopic (exact) mass is 339 g/mol. The highest BCUT2D eigenvalue weighted by Gasteiger charge is 2.24. The SMILES string of the molecule is CNC(=O)CNC(=O)CN(C)S(=O)(=O)c1ccc(Cl)s1. The van der Waals surface area contributed by atoms with Crippen LogP contribution in [0.3, 0.4) is 0 Å². The largest absolute Gasteiger partial charge is 0.358 e. The number of thiophene rings is 1. The summed E-state index contributed by atoms with van der Waals surface area (Å²) in [5.74, 6) is -0.934. The molecule has 1 aromatic heterocycles. The molecule has 0 aliphatic rings. The standard InChI is InChI=1S/C10H14ClN3O4S2/c1-12-8(15)5-13-9(16)6-14(2)20(17,18)10-4-3-7(11)19-10/h3-4H,5-6H2,1-2H3,(H,12,15)(H,13,16). The Labute approximate surface area is 126 Å². The van der Waals surface area contributed by atoms with Gasteiger partial charge in [-0.15, -0.1) is 11.3 Å². The molecule has 0 aliphatic carbocycles. The Bertz CT molecular complexity index is 599. The number of sulfonamides is 1. The van der Waals surface area contributed by atoms with Crippen LogP contribution in [0.1, 0.15) is 0 Å². The molecule has 0 aromatic carbocycles. The fraction of sp³-hybridized carbons (Fsp3) is 0.400. The van der Waals surface area contributed by atoms with Gasteiger partial charge in [0.25, 0.3) is 10.0 Å². The number of nitrogens with zero attached hydrogens (tertiary/aromatic N) is 1. The van der Waals surface area contributed by atoms with E-state index in [1.54, 1.807) is 0 Å². The van der Waals surface area contributed by atoms with Gasteiger partial charge in [0.05, 0.1) is 17.4 Å². The summed E-state index contributed by atoms with van der Waals surface area (Å²) >= 11 is 6.60. The van der Waals surface area contributed by atoms with E-state index in [2.05, 4.69) is 10.6 Å². The molecule has 0 atom stereocenters. The van der Waals surface area contributed by atoms with Crippen molar-refractivity contribution in [1.29, 1.82) is 0 Å². The van der Waals surface area contributed by atoms with Crippen molar-refractivity contribution in [2.75, 3.05) is 27.2 Å². The number of halogens is 1. The molecule has 1 heterocycles. The third-order valence-electron chi connectivity index (χ3n) is 2.30. The highest BCUT2D eigenvalue weighted by atomic mass is 35.5. The normalized spacial score (nSPS) is 11.4. The number of likely N-dealkylation sites (N-methyl/N-ethyl adjacent to an activating group) is 2. The summed E-state index contributed by atoms with van der Waals surface area (Å²) in [7, 11) is -1.04. The van der Waals surface area contributed by atoms with Crippen LogP contribution in [0.25, 0.3) is 0 Å². The summed E-state index contributed by atoms with van der Waals surface area (Å²) in [4.78, 5) is 22.5. The quantitative estimate of drug-likeness (QED) is 0.755. The summed E-state index contributed by atoms with van der Waals surface area (Å²) in [6.45, 7) is -0.580. The van der Waals surface area contributed by atoms with Crippen LogP contribution in [-0.2, 0) is 19.6 Å². The Balaban J connectivity index is 2.64. The number of hydrogen-bond donors (Lipinski definition) is 2. The Morgan fingerprint density at radius 3 is 2.50 bits per heavy atom. The predicted octanol–water partition coefficient (Wildman–Crippen LogP) is -0.116. The second kappa shape index (κ2) is 7.02. The molecule has 0 unspecified atom stereocenters. The Hall–Kier alpha value is -1.16. The van der Waals surface area contributed by atoms with E-state index in [4.69, 9.17) is 11.6 Å². The molecule has 20 heavy (non-hydrogen) atoms. The van der Waals surface area contributed by atoms with Crippen LogP contribution in [0.4, 0.5) is 0 Å². The molecule has 0 spiro atoms. The molecule has 0 fully saturated rings. The fourth-order valence-corrected chi connectivity index (χ4v) is 4.02. The van der Waals surface area contributed by atoms with Gasteiger partial charge >= 0.3 is 0 Å². The maximum Gasteiger partial charge on any atom is 0.252 e. The molecule has 1 aromatic rings. The van der Waals surface area contributed by atoms with Gasteiger partial charge in [-0.25, -0.2) is 8.42 Å². The topological polar surface area (TPSA) is 95.6 Å². The lowest BCUT2D eigenvalue weighted by atomic mass is 10.5. The summed E-state index contributed by atoms with van der Waals surface area (Å²) in [5.41, 5.74) is 0. The Morgan fingerprint density at radius 1 is 1.35 bits per heavy atom. The van der Waals surface area contributed by atoms with Gasteiger partial charge < -0.3 is 10.6 Å². The van der Waals surface area contributed by atoms with E-state index < -0.39 is 15.9 Å². The van der Waals surface area contributed by atoms with Gasteiger partial charge in [-0.05, 0) is 12.1 Å². The fourth-order valence-electron chi connectivity index (χ4n) is 1.20. The van der Waals surface area contributed by atoms with Crippen molar-refractivity contribution in [1.82, 2.24) is 14.9 Å². The van der Waals surface area contributed by atoms with Crippen molar-refractivity contribution in [3.63, 3.8) is 0 Å². The second-order valence-electron chi connectivity index (χ2n) is 3.77. The van der Waals surface area contributed by atoms with E-state index in [0.29, 0.717) is 4.34 Å². The van der Waals surface area contributed by atoms with Crippen molar-refractivity contribution in [3.8, 4) is 0 Å². The molecule has 0 saturated carbocycles. The van der Waals surface area contributed by atoms with Crippen LogP contribution < -0.4 is 10.6 Å². The van der Waals surface area contributed by atoms with Crippen molar-refractivity contribution in [3.05, 3.63) is 16.5 Å². The van der Waals surface area contributed by atoms with Gasteiger partial charge in [0.2, 0.25) is 11.8 Å². The smallest absolute Gasteiger partial charge is 0.252 e. The molecular formula is C10H14ClN3O4S2. The Morgan fingerprint density at radius 2 is 2.00 bits per heavy atom. The summed E-state index contributed by atoms with van der Waals surface area (Å²) < 4.78 is 25.5. The number of hydrogen-bond acceptors (Lipinski definition) is 5. The first-order chi connectivity index (χ1) is 9.27. The average Bonchev–Trinajstić information content (AvgIpc) is 2.83. The highest BCUT2D eigenvalue weighted by Crippen LogP contribution is 2.27. The lowest BCUT2D eigenvalue weighted by molar-refractivity contribution is -0.125. The molecule has 0 bridgehead atoms. The highest BCUT2D eigenvalue weighted by molar-refractivity contribution is 7.91. The Kier molecular flexibility index (Phi) is 5.93. The summed E-state index contributed by atoms with van der Waals surface area (Å²) in [5, 5.41) is 4.65. The summed E-state index contributed by atoms with van der Waals surface area (Å²) in [6, 6.07) is 2.85. The van der Waals surface area contributed by atoms with Crippen molar-refractivity contribution < 1.29 is 18.0 Å². The van der Waals surface area contributed by atoms with Gasteiger partial charge in [-0.3, -0.25) is 9.59 Å². The first kappa shape index (κ1) is 16.9. The minimum absolute atomic E-state index is 0.0594. The maximum atomic E-state index is 12.1. The molecule has 0 saturated heterocycles. The van der Waals surface area contributed by atoms with Crippen molar-refractivity contribution in [2.24, 2.45) is 0 Å². The number of amides is 2. The van der Waals surface area contributed by atoms with Gasteiger partial charge in [-0.2, -0.15) is 4.31 Å². The van der Waals surface area contributed by atoms with E-state index in [1.165, 1.54) is 26.2 Å². The minimum atomic E-state index is -3.75. The second-order valence-corrected chi connectivity index (χ2v) is 7.76. The molecule has 0 aliphatic heterocycles. The number of carbonyl (C=O) groups is 2. The molecule has 112 valence electrons. The molecule has 7 nitrogen and oxygen atoms in total. The average molecular weight is 340 g/mol. The maximum absolute atomic E-state index is 12.1. The van der Waals surface area contributed by atoms with E-state index in [9.17, 15) is 18.0 Å². The van der Waals surface area contributed by atoms with Crippen molar-refractivity contribution in [2.45, 2.75) is 4.21 Å². The third kappa shape index (κ3) is 4.44. The zero-order chi connectivity index (χ0) is 15.3. The van der Waals surface area contributed by atoms with E-state index in [1.807, 2.05) is 0 Å². The van der Waals surface area contributed by atoms with Gasteiger partial charge in [-0.1, -0.05) is 11.6 Å². The number of carbonyl (C=O) groups excluding carboxylic acids is 2. The third-order valence-corrected chi connectivity index (χ3v) is 5.81. The van der Waals surface area contributed by atoms with E-state index in [-0.39, 0.29) is 23.2 Å². The lowest BCUT2D eigenvalue weighted by Crippen LogP contribution is -2.41. The predicted molar refractivity (Wildman–Crippen MR) is 76.2 cm³/mol. The van der Waals surface area contributed by atoms with Crippen LogP contribution in [0.5, 0.6) is 0 Å². The van der Waals surface area contributed by atoms with E-state index >= 15 is 0 Å². The first-order valence-electron chi connectivity index (χ1n) is 5.46. The van der Waals surface area contributed by atoms with Crippen LogP contribution in [0.2, 0.25) is 4.34 Å². The van der Waals surface area contributed by atoms with Crippen LogP contribution in [0.15, 0.2) is 16.3 Å². The first-order valence-corrected chi connectivity index (χ1v) is 8.09. The van der Waals surface area contributed by atoms with Gasteiger partial charge in [0, 0.05) is 14.1 Å². The molecule has 2 amide bonds. The van der Waals surface area contributed by atoms with Crippen LogP contribution in [0, 0.1) is 0 Å². The molecule has 0 radical (unpaired) electrons. The lowest BCUT2D eigenvalue weighted by Gasteiger charge is -2.15. The molecule has 10 heteroatoms. The molecule has 2 N–H and O–H groups in total. The van der Waals surface area contributed by atoms with Crippen molar-refractivity contribution >= 4 is 44.8 Å². The van der Waals surface area contributed by atoms with Gasteiger partial charge in [0.1, 0.15) is 4.21 Å².